The average Bonchev–Trinajstić information content (AvgIpc) is 3.12. The lowest BCUT2D eigenvalue weighted by Crippen LogP contribution is -2.64. The number of unbranched alkanes of at least 4 members (excludes halogenated alkanes) is 11. The number of carbonyl (C=O) groups is 1. The molecule has 13 heteroatoms. The summed E-state index contributed by atoms with van der Waals surface area (Å²) in [6.45, 7) is 4.05. The maximum atomic E-state index is 12.7. The second-order valence-corrected chi connectivity index (χ2v) is 14.8. The van der Waals surface area contributed by atoms with E-state index >= 15 is 0 Å². The van der Waals surface area contributed by atoms with Crippen LogP contribution in [0.25, 0.3) is 0 Å². The van der Waals surface area contributed by atoms with Gasteiger partial charge >= 0.3 is 13.8 Å². The molecule has 0 aliphatic heterocycles. The van der Waals surface area contributed by atoms with E-state index in [1.165, 1.54) is 44.9 Å². The number of hydrogen-bond acceptors (Lipinski definition) is 11. The zero-order chi connectivity index (χ0) is 38.5. The quantitative estimate of drug-likeness (QED) is 0.0194. The highest BCUT2D eigenvalue weighted by molar-refractivity contribution is 7.47. The zero-order valence-electron chi connectivity index (χ0n) is 31.6. The number of aliphatic hydroxyl groups excluding tert-OH is 5. The van der Waals surface area contributed by atoms with Crippen molar-refractivity contribution < 1.29 is 58.3 Å². The van der Waals surface area contributed by atoms with Gasteiger partial charge in [0.15, 0.2) is 0 Å². The summed E-state index contributed by atoms with van der Waals surface area (Å²) in [4.78, 5) is 23.0. The van der Waals surface area contributed by atoms with Crippen molar-refractivity contribution in [2.75, 3.05) is 19.8 Å². The lowest BCUT2D eigenvalue weighted by atomic mass is 9.85. The van der Waals surface area contributed by atoms with Crippen LogP contribution in [0.15, 0.2) is 48.6 Å². The Balaban J connectivity index is 2.51. The van der Waals surface area contributed by atoms with Crippen LogP contribution in [-0.4, -0.2) is 98.9 Å². The van der Waals surface area contributed by atoms with Crippen molar-refractivity contribution in [3.05, 3.63) is 48.6 Å². The molecule has 1 aliphatic rings. The molecule has 0 aromatic heterocycles. The topological polar surface area (TPSA) is 192 Å². The predicted molar refractivity (Wildman–Crippen MR) is 202 cm³/mol. The van der Waals surface area contributed by atoms with Gasteiger partial charge in [-0.2, -0.15) is 0 Å². The molecule has 1 saturated carbocycles. The van der Waals surface area contributed by atoms with E-state index in [-0.39, 0.29) is 13.0 Å². The largest absolute Gasteiger partial charge is 0.472 e. The third-order valence-electron chi connectivity index (χ3n) is 8.72. The van der Waals surface area contributed by atoms with Crippen molar-refractivity contribution in [1.82, 2.24) is 0 Å². The molecule has 1 rings (SSSR count). The molecular weight excluding hydrogens is 691 g/mol. The summed E-state index contributed by atoms with van der Waals surface area (Å²) in [6, 6.07) is 0. The highest BCUT2D eigenvalue weighted by Crippen LogP contribution is 2.47. The number of carbonyl (C=O) groups excluding carboxylic acids is 1. The Morgan fingerprint density at radius 1 is 0.635 bits per heavy atom. The van der Waals surface area contributed by atoms with Gasteiger partial charge in [-0.05, 0) is 51.4 Å². The number of aliphatic hydroxyl groups is 5. The first kappa shape index (κ1) is 48.3. The normalized spacial score (nSPS) is 24.4. The summed E-state index contributed by atoms with van der Waals surface area (Å²) < 4.78 is 33.9. The second kappa shape index (κ2) is 30.6. The number of esters is 1. The van der Waals surface area contributed by atoms with Gasteiger partial charge in [0.2, 0.25) is 0 Å². The Hall–Kier alpha value is -1.70. The molecule has 6 N–H and O–H groups in total. The fourth-order valence-corrected chi connectivity index (χ4v) is 6.55. The van der Waals surface area contributed by atoms with Crippen molar-refractivity contribution in [1.29, 1.82) is 0 Å². The van der Waals surface area contributed by atoms with Gasteiger partial charge in [-0.15, -0.1) is 0 Å². The minimum absolute atomic E-state index is 0.0938. The fourth-order valence-electron chi connectivity index (χ4n) is 5.58. The van der Waals surface area contributed by atoms with Crippen LogP contribution in [0.3, 0.4) is 0 Å². The molecule has 0 saturated heterocycles. The Labute approximate surface area is 312 Å². The molecule has 0 heterocycles. The van der Waals surface area contributed by atoms with E-state index in [2.05, 4.69) is 62.5 Å². The molecule has 0 spiro atoms. The summed E-state index contributed by atoms with van der Waals surface area (Å²) in [7, 11) is -5.02. The van der Waals surface area contributed by atoms with Crippen LogP contribution < -0.4 is 0 Å². The maximum absolute atomic E-state index is 12.7. The first-order chi connectivity index (χ1) is 25.0. The SMILES string of the molecule is CC/C=C\C/C=C\C/C=C\C/C=C\CCCCC(=O)OC(COCCCCCCCCCCCC)COP(=O)(O)OC1C(O)C(O)C(O)C(O)C1O. The Morgan fingerprint density at radius 3 is 1.69 bits per heavy atom. The van der Waals surface area contributed by atoms with Crippen molar-refractivity contribution in [2.45, 2.75) is 172 Å². The molecule has 0 aromatic rings. The Bertz CT molecular complexity index is 1050. The minimum atomic E-state index is -5.02. The van der Waals surface area contributed by atoms with Gasteiger partial charge < -0.3 is 39.9 Å². The minimum Gasteiger partial charge on any atom is -0.457 e. The van der Waals surface area contributed by atoms with E-state index in [9.17, 15) is 39.8 Å². The number of hydrogen-bond donors (Lipinski definition) is 6. The van der Waals surface area contributed by atoms with Gasteiger partial charge in [0, 0.05) is 13.0 Å². The number of ether oxygens (including phenoxy) is 2. The molecule has 6 atom stereocenters. The summed E-state index contributed by atoms with van der Waals surface area (Å²) >= 11 is 0. The van der Waals surface area contributed by atoms with E-state index < -0.39 is 63.1 Å². The molecule has 52 heavy (non-hydrogen) atoms. The van der Waals surface area contributed by atoms with Gasteiger partial charge in [-0.25, -0.2) is 4.57 Å². The molecule has 1 fully saturated rings. The summed E-state index contributed by atoms with van der Waals surface area (Å²) in [5.74, 6) is -0.520. The summed E-state index contributed by atoms with van der Waals surface area (Å²) in [6.07, 6.45) is 22.0. The van der Waals surface area contributed by atoms with E-state index in [4.69, 9.17) is 18.5 Å². The number of phosphoric ester groups is 1. The van der Waals surface area contributed by atoms with Gasteiger partial charge in [-0.1, -0.05) is 120 Å². The Morgan fingerprint density at radius 2 is 1.13 bits per heavy atom. The highest BCUT2D eigenvalue weighted by atomic mass is 31.2. The van der Waals surface area contributed by atoms with E-state index in [1.807, 2.05) is 0 Å². The smallest absolute Gasteiger partial charge is 0.457 e. The number of rotatable bonds is 31. The van der Waals surface area contributed by atoms with Crippen molar-refractivity contribution >= 4 is 13.8 Å². The third kappa shape index (κ3) is 23.2. The molecule has 302 valence electrons. The van der Waals surface area contributed by atoms with Gasteiger partial charge in [0.25, 0.3) is 0 Å². The summed E-state index contributed by atoms with van der Waals surface area (Å²) in [5, 5.41) is 49.9. The van der Waals surface area contributed by atoms with Gasteiger partial charge in [0.05, 0.1) is 13.2 Å². The standard InChI is InChI=1S/C39H69O12P/c1-3-5-7-9-11-13-15-16-17-18-19-20-22-24-26-28-33(40)50-32(30-48-29-27-25-23-21-14-12-10-8-6-4-2)31-49-52(46,47)51-39-37(44)35(42)34(41)36(43)38(39)45/h5,7,11,13,16-17,19-20,32,34-39,41-45H,3-4,6,8-10,12,14-15,18,21-31H2,1-2H3,(H,46,47)/b7-5-,13-11-,17-16-,20-19-. The first-order valence-corrected chi connectivity index (χ1v) is 21.0. The number of phosphoric acid groups is 1. The molecule has 0 radical (unpaired) electrons. The van der Waals surface area contributed by atoms with Crippen LogP contribution in [0.5, 0.6) is 0 Å². The molecule has 0 aromatic carbocycles. The van der Waals surface area contributed by atoms with Crippen LogP contribution in [0, 0.1) is 0 Å². The third-order valence-corrected chi connectivity index (χ3v) is 9.70. The molecule has 0 amide bonds. The van der Waals surface area contributed by atoms with Crippen LogP contribution >= 0.6 is 7.82 Å². The predicted octanol–water partition coefficient (Wildman–Crippen LogP) is 6.52. The monoisotopic (exact) mass is 760 g/mol. The molecule has 6 unspecified atom stereocenters. The van der Waals surface area contributed by atoms with E-state index in [1.54, 1.807) is 0 Å². The van der Waals surface area contributed by atoms with Crippen LogP contribution in [0.4, 0.5) is 0 Å². The second-order valence-electron chi connectivity index (χ2n) is 13.4. The van der Waals surface area contributed by atoms with Crippen LogP contribution in [0.2, 0.25) is 0 Å². The van der Waals surface area contributed by atoms with Gasteiger partial charge in [0.1, 0.15) is 42.7 Å². The van der Waals surface area contributed by atoms with E-state index in [0.717, 1.165) is 57.8 Å². The molecule has 1 aliphatic carbocycles. The van der Waals surface area contributed by atoms with Gasteiger partial charge in [-0.3, -0.25) is 13.8 Å². The van der Waals surface area contributed by atoms with Crippen molar-refractivity contribution in [3.8, 4) is 0 Å². The highest BCUT2D eigenvalue weighted by Gasteiger charge is 2.51. The van der Waals surface area contributed by atoms with E-state index in [0.29, 0.717) is 13.0 Å². The lowest BCUT2D eigenvalue weighted by molar-refractivity contribution is -0.220. The van der Waals surface area contributed by atoms with Crippen LogP contribution in [0.1, 0.15) is 129 Å². The maximum Gasteiger partial charge on any atom is 0.472 e. The fraction of sp³-hybridized carbons (Fsp3) is 0.769. The zero-order valence-corrected chi connectivity index (χ0v) is 32.5. The molecule has 12 nitrogen and oxygen atoms in total. The van der Waals surface area contributed by atoms with Crippen molar-refractivity contribution in [3.63, 3.8) is 0 Å². The number of allylic oxidation sites excluding steroid dienone is 8. The van der Waals surface area contributed by atoms with Crippen molar-refractivity contribution in [2.24, 2.45) is 0 Å². The lowest BCUT2D eigenvalue weighted by Gasteiger charge is -2.41. The Kier molecular flexibility index (Phi) is 28.4. The van der Waals surface area contributed by atoms with Crippen LogP contribution in [-0.2, 0) is 27.9 Å². The molecule has 0 bridgehead atoms. The summed E-state index contributed by atoms with van der Waals surface area (Å²) in [5.41, 5.74) is 0. The average molecular weight is 761 g/mol. The first-order valence-electron chi connectivity index (χ1n) is 19.5. The molecular formula is C39H69O12P.